The lowest BCUT2D eigenvalue weighted by molar-refractivity contribution is 0.237. The second kappa shape index (κ2) is 6.02. The molecular formula is C19H24N6O. The number of nitrogens with zero attached hydrogens (tertiary/aromatic N) is 5. The lowest BCUT2D eigenvalue weighted by Crippen LogP contribution is -2.37. The van der Waals surface area contributed by atoms with Crippen molar-refractivity contribution in [3.63, 3.8) is 0 Å². The van der Waals surface area contributed by atoms with Gasteiger partial charge in [-0.25, -0.2) is 15.0 Å². The molecule has 0 spiro atoms. The molecule has 0 saturated carbocycles. The van der Waals surface area contributed by atoms with Crippen LogP contribution < -0.4 is 5.56 Å². The van der Waals surface area contributed by atoms with E-state index >= 15 is 0 Å². The second-order valence-electron chi connectivity index (χ2n) is 7.98. The Bertz CT molecular complexity index is 1030. The third kappa shape index (κ3) is 2.92. The van der Waals surface area contributed by atoms with E-state index in [1.807, 2.05) is 23.6 Å². The van der Waals surface area contributed by atoms with E-state index in [0.29, 0.717) is 12.3 Å². The largest absolute Gasteiger partial charge is 0.310 e. The van der Waals surface area contributed by atoms with E-state index in [1.165, 1.54) is 0 Å². The van der Waals surface area contributed by atoms with Crippen LogP contribution in [0.3, 0.4) is 0 Å². The maximum atomic E-state index is 12.6. The van der Waals surface area contributed by atoms with Gasteiger partial charge in [-0.1, -0.05) is 20.8 Å². The molecule has 26 heavy (non-hydrogen) atoms. The fourth-order valence-corrected chi connectivity index (χ4v) is 3.42. The lowest BCUT2D eigenvalue weighted by Gasteiger charge is -2.28. The molecule has 7 nitrogen and oxygen atoms in total. The van der Waals surface area contributed by atoms with Crippen molar-refractivity contribution < 1.29 is 0 Å². The van der Waals surface area contributed by atoms with Crippen molar-refractivity contribution in [2.24, 2.45) is 0 Å². The van der Waals surface area contributed by atoms with Gasteiger partial charge in [0, 0.05) is 43.9 Å². The SMILES string of the molecule is Cc1nc2ncccn2c1CN1CCc2nc(C(C)(C)C)[nH]c(=O)c2C1. The Morgan fingerprint density at radius 2 is 2.08 bits per heavy atom. The number of imidazole rings is 1. The third-order valence-corrected chi connectivity index (χ3v) is 4.93. The van der Waals surface area contributed by atoms with Crippen LogP contribution in [-0.2, 0) is 24.9 Å². The summed E-state index contributed by atoms with van der Waals surface area (Å²) in [6, 6.07) is 1.91. The van der Waals surface area contributed by atoms with Gasteiger partial charge in [-0.05, 0) is 13.0 Å². The van der Waals surface area contributed by atoms with Gasteiger partial charge in [0.15, 0.2) is 0 Å². The molecule has 0 fully saturated rings. The van der Waals surface area contributed by atoms with E-state index in [-0.39, 0.29) is 11.0 Å². The van der Waals surface area contributed by atoms with Crippen LogP contribution in [0.15, 0.2) is 23.3 Å². The average molecular weight is 352 g/mol. The minimum Gasteiger partial charge on any atom is -0.310 e. The topological polar surface area (TPSA) is 79.2 Å². The van der Waals surface area contributed by atoms with Crippen molar-refractivity contribution in [1.82, 2.24) is 29.2 Å². The number of aryl methyl sites for hydroxylation is 1. The minimum absolute atomic E-state index is 0.0128. The minimum atomic E-state index is -0.161. The standard InChI is InChI=1S/C19H24N6O/c1-12-15(25-8-5-7-20-18(25)21-12)11-24-9-6-14-13(10-24)16(26)23-17(22-14)19(2,3)4/h5,7-8H,6,9-11H2,1-4H3,(H,22,23,26). The van der Waals surface area contributed by atoms with E-state index in [9.17, 15) is 4.79 Å². The number of rotatable bonds is 2. The molecule has 1 aliphatic heterocycles. The molecule has 0 amide bonds. The third-order valence-electron chi connectivity index (χ3n) is 4.93. The maximum absolute atomic E-state index is 12.6. The van der Waals surface area contributed by atoms with E-state index in [1.54, 1.807) is 6.20 Å². The van der Waals surface area contributed by atoms with Crippen molar-refractivity contribution in [1.29, 1.82) is 0 Å². The zero-order valence-electron chi connectivity index (χ0n) is 15.7. The van der Waals surface area contributed by atoms with Gasteiger partial charge in [-0.15, -0.1) is 0 Å². The zero-order chi connectivity index (χ0) is 18.5. The van der Waals surface area contributed by atoms with Crippen LogP contribution in [0.1, 0.15) is 49.2 Å². The molecule has 3 aromatic heterocycles. The van der Waals surface area contributed by atoms with Crippen LogP contribution in [-0.4, -0.2) is 35.8 Å². The number of H-pyrrole nitrogens is 1. The van der Waals surface area contributed by atoms with Gasteiger partial charge in [0.25, 0.3) is 5.56 Å². The van der Waals surface area contributed by atoms with Crippen molar-refractivity contribution in [2.75, 3.05) is 6.54 Å². The first-order valence-corrected chi connectivity index (χ1v) is 8.96. The predicted octanol–water partition coefficient (Wildman–Crippen LogP) is 1.98. The highest BCUT2D eigenvalue weighted by atomic mass is 16.1. The van der Waals surface area contributed by atoms with E-state index in [0.717, 1.165) is 48.0 Å². The van der Waals surface area contributed by atoms with Crippen molar-refractivity contribution >= 4 is 5.78 Å². The second-order valence-corrected chi connectivity index (χ2v) is 7.98. The number of nitrogens with one attached hydrogen (secondary N) is 1. The molecule has 3 aromatic rings. The summed E-state index contributed by atoms with van der Waals surface area (Å²) in [5.41, 5.74) is 3.64. The Hall–Kier alpha value is -2.54. The van der Waals surface area contributed by atoms with Crippen LogP contribution in [0, 0.1) is 6.92 Å². The predicted molar refractivity (Wildman–Crippen MR) is 99.1 cm³/mol. The summed E-state index contributed by atoms with van der Waals surface area (Å²) in [7, 11) is 0. The highest BCUT2D eigenvalue weighted by Gasteiger charge is 2.25. The average Bonchev–Trinajstić information content (AvgIpc) is 2.90. The highest BCUT2D eigenvalue weighted by Crippen LogP contribution is 2.22. The fourth-order valence-electron chi connectivity index (χ4n) is 3.42. The molecule has 0 aromatic carbocycles. The molecule has 0 atom stereocenters. The van der Waals surface area contributed by atoms with Crippen LogP contribution in [0.4, 0.5) is 0 Å². The maximum Gasteiger partial charge on any atom is 0.255 e. The Labute approximate surface area is 152 Å². The van der Waals surface area contributed by atoms with Crippen molar-refractivity contribution in [3.8, 4) is 0 Å². The molecule has 7 heteroatoms. The van der Waals surface area contributed by atoms with Crippen molar-refractivity contribution in [3.05, 3.63) is 57.3 Å². The summed E-state index contributed by atoms with van der Waals surface area (Å²) in [4.78, 5) is 31.4. The summed E-state index contributed by atoms with van der Waals surface area (Å²) in [6.07, 6.45) is 4.52. The van der Waals surface area contributed by atoms with Crippen LogP contribution in [0.25, 0.3) is 5.78 Å². The summed E-state index contributed by atoms with van der Waals surface area (Å²) in [6.45, 7) is 10.4. The van der Waals surface area contributed by atoms with Gasteiger partial charge >= 0.3 is 0 Å². The van der Waals surface area contributed by atoms with Crippen LogP contribution in [0.2, 0.25) is 0 Å². The van der Waals surface area contributed by atoms with Crippen LogP contribution >= 0.6 is 0 Å². The quantitative estimate of drug-likeness (QED) is 0.763. The first-order chi connectivity index (χ1) is 12.3. The monoisotopic (exact) mass is 352 g/mol. The molecule has 4 rings (SSSR count). The highest BCUT2D eigenvalue weighted by molar-refractivity contribution is 5.35. The van der Waals surface area contributed by atoms with Gasteiger partial charge in [0.2, 0.25) is 5.78 Å². The molecule has 1 aliphatic rings. The summed E-state index contributed by atoms with van der Waals surface area (Å²) >= 11 is 0. The first kappa shape index (κ1) is 16.9. The number of hydrogen-bond donors (Lipinski definition) is 1. The van der Waals surface area contributed by atoms with Gasteiger partial charge in [0.05, 0.1) is 22.6 Å². The Kier molecular flexibility index (Phi) is 3.91. The fraction of sp³-hybridized carbons (Fsp3) is 0.474. The summed E-state index contributed by atoms with van der Waals surface area (Å²) in [5.74, 6) is 1.48. The van der Waals surface area contributed by atoms with E-state index in [2.05, 4.69) is 40.6 Å². The molecule has 0 unspecified atom stereocenters. The lowest BCUT2D eigenvalue weighted by atomic mass is 9.95. The number of aromatic amines is 1. The van der Waals surface area contributed by atoms with Crippen LogP contribution in [0.5, 0.6) is 0 Å². The van der Waals surface area contributed by atoms with E-state index < -0.39 is 0 Å². The van der Waals surface area contributed by atoms with E-state index in [4.69, 9.17) is 4.98 Å². The Morgan fingerprint density at radius 3 is 2.85 bits per heavy atom. The molecule has 136 valence electrons. The molecular weight excluding hydrogens is 328 g/mol. The molecule has 0 aliphatic carbocycles. The van der Waals surface area contributed by atoms with Gasteiger partial charge in [-0.2, -0.15) is 0 Å². The summed E-state index contributed by atoms with van der Waals surface area (Å²) in [5, 5.41) is 0. The molecule has 0 saturated heterocycles. The van der Waals surface area contributed by atoms with Gasteiger partial charge in [0.1, 0.15) is 5.82 Å². The molecule has 0 bridgehead atoms. The normalized spacial score (nSPS) is 15.4. The molecule has 4 heterocycles. The zero-order valence-corrected chi connectivity index (χ0v) is 15.7. The number of fused-ring (bicyclic) bond motifs is 2. The van der Waals surface area contributed by atoms with Crippen molar-refractivity contribution in [2.45, 2.75) is 52.6 Å². The molecule has 0 radical (unpaired) electrons. The summed E-state index contributed by atoms with van der Waals surface area (Å²) < 4.78 is 2.02. The Balaban J connectivity index is 1.63. The van der Waals surface area contributed by atoms with Gasteiger partial charge in [-0.3, -0.25) is 14.1 Å². The number of aromatic nitrogens is 5. The smallest absolute Gasteiger partial charge is 0.255 e. The first-order valence-electron chi connectivity index (χ1n) is 8.96. The van der Waals surface area contributed by atoms with Gasteiger partial charge < -0.3 is 4.98 Å². The molecule has 1 N–H and O–H groups in total. The Morgan fingerprint density at radius 1 is 1.27 bits per heavy atom. The number of hydrogen-bond acceptors (Lipinski definition) is 5.